The van der Waals surface area contributed by atoms with E-state index in [9.17, 15) is 0 Å². The minimum absolute atomic E-state index is 0.223. The van der Waals surface area contributed by atoms with Crippen LogP contribution in [-0.2, 0) is 0 Å². The van der Waals surface area contributed by atoms with Crippen molar-refractivity contribution in [3.05, 3.63) is 30.0 Å². The van der Waals surface area contributed by atoms with Crippen LogP contribution in [0.2, 0.25) is 0 Å². The molecule has 0 aromatic carbocycles. The first-order valence-corrected chi connectivity index (χ1v) is 6.18. The first kappa shape index (κ1) is 11.5. The molecule has 3 nitrogen and oxygen atoms in total. The topological polar surface area (TPSA) is 50.1 Å². The number of nitrogens with two attached hydrogens (primary N) is 1. The minimum Gasteiger partial charge on any atom is -0.397 e. The van der Waals surface area contributed by atoms with Gasteiger partial charge in [-0.3, -0.25) is 0 Å². The Kier molecular flexibility index (Phi) is 3.54. The maximum absolute atomic E-state index is 5.92. The van der Waals surface area contributed by atoms with Crippen molar-refractivity contribution in [3.8, 4) is 0 Å². The molecule has 0 unspecified atom stereocenters. The van der Waals surface area contributed by atoms with Gasteiger partial charge in [-0.05, 0) is 39.2 Å². The zero-order valence-electron chi connectivity index (χ0n) is 10.1. The summed E-state index contributed by atoms with van der Waals surface area (Å²) in [5, 5.41) is 7.06. The van der Waals surface area contributed by atoms with E-state index in [1.807, 2.05) is 6.08 Å². The number of piperidine rings is 1. The van der Waals surface area contributed by atoms with E-state index in [1.54, 1.807) is 0 Å². The lowest BCUT2D eigenvalue weighted by atomic mass is 9.90. The SMILES string of the molecule is C[C@]1(CNC2=CC[CH]C=C2N)CCCCN1. The van der Waals surface area contributed by atoms with Crippen LogP contribution in [0.5, 0.6) is 0 Å². The molecule has 1 aliphatic carbocycles. The Bertz CT molecular complexity index is 298. The summed E-state index contributed by atoms with van der Waals surface area (Å²) in [6, 6.07) is 0. The average Bonchev–Trinajstić information content (AvgIpc) is 2.29. The van der Waals surface area contributed by atoms with Crippen LogP contribution in [0.3, 0.4) is 0 Å². The second-order valence-corrected chi connectivity index (χ2v) is 5.01. The van der Waals surface area contributed by atoms with Crippen molar-refractivity contribution >= 4 is 0 Å². The lowest BCUT2D eigenvalue weighted by Crippen LogP contribution is -2.52. The number of hydrogen-bond donors (Lipinski definition) is 3. The third kappa shape index (κ3) is 2.79. The van der Waals surface area contributed by atoms with Gasteiger partial charge in [0.25, 0.3) is 0 Å². The van der Waals surface area contributed by atoms with E-state index in [1.165, 1.54) is 19.3 Å². The zero-order chi connectivity index (χ0) is 11.4. The first-order valence-electron chi connectivity index (χ1n) is 6.18. The number of nitrogens with one attached hydrogen (secondary N) is 2. The van der Waals surface area contributed by atoms with Gasteiger partial charge in [0.1, 0.15) is 0 Å². The summed E-state index contributed by atoms with van der Waals surface area (Å²) in [5.41, 5.74) is 8.09. The molecule has 3 heteroatoms. The van der Waals surface area contributed by atoms with Gasteiger partial charge in [-0.1, -0.05) is 18.6 Å². The Labute approximate surface area is 98.2 Å². The van der Waals surface area contributed by atoms with Gasteiger partial charge in [-0.25, -0.2) is 0 Å². The lowest BCUT2D eigenvalue weighted by molar-refractivity contribution is 0.274. The maximum Gasteiger partial charge on any atom is 0.0531 e. The molecule has 2 aliphatic rings. The van der Waals surface area contributed by atoms with Crippen molar-refractivity contribution in [1.82, 2.24) is 10.6 Å². The van der Waals surface area contributed by atoms with Crippen LogP contribution in [0.15, 0.2) is 23.5 Å². The highest BCUT2D eigenvalue weighted by atomic mass is 15.0. The van der Waals surface area contributed by atoms with E-state index in [0.29, 0.717) is 0 Å². The summed E-state index contributed by atoms with van der Waals surface area (Å²) in [5.74, 6) is 0. The van der Waals surface area contributed by atoms with Crippen LogP contribution in [0.25, 0.3) is 0 Å². The third-order valence-electron chi connectivity index (χ3n) is 3.44. The second-order valence-electron chi connectivity index (χ2n) is 5.01. The van der Waals surface area contributed by atoms with Gasteiger partial charge in [-0.2, -0.15) is 0 Å². The highest BCUT2D eigenvalue weighted by molar-refractivity contribution is 5.33. The Morgan fingerprint density at radius 1 is 1.50 bits per heavy atom. The monoisotopic (exact) mass is 220 g/mol. The van der Waals surface area contributed by atoms with Crippen molar-refractivity contribution < 1.29 is 0 Å². The van der Waals surface area contributed by atoms with Crippen LogP contribution in [-0.4, -0.2) is 18.6 Å². The molecule has 1 atom stereocenters. The van der Waals surface area contributed by atoms with Crippen molar-refractivity contribution in [3.63, 3.8) is 0 Å². The van der Waals surface area contributed by atoms with Crippen LogP contribution in [0.4, 0.5) is 0 Å². The van der Waals surface area contributed by atoms with E-state index in [2.05, 4.69) is 30.1 Å². The smallest absolute Gasteiger partial charge is 0.0531 e. The Balaban J connectivity index is 1.86. The average molecular weight is 220 g/mol. The van der Waals surface area contributed by atoms with Gasteiger partial charge in [0.05, 0.1) is 11.4 Å². The molecule has 1 radical (unpaired) electrons. The number of rotatable bonds is 3. The van der Waals surface area contributed by atoms with Crippen molar-refractivity contribution in [2.45, 2.75) is 38.1 Å². The largest absolute Gasteiger partial charge is 0.397 e. The third-order valence-corrected chi connectivity index (χ3v) is 3.44. The van der Waals surface area contributed by atoms with Gasteiger partial charge in [0, 0.05) is 12.1 Å². The lowest BCUT2D eigenvalue weighted by Gasteiger charge is -2.36. The molecule has 1 heterocycles. The first-order chi connectivity index (χ1) is 7.70. The molecule has 1 aliphatic heterocycles. The van der Waals surface area contributed by atoms with E-state index >= 15 is 0 Å². The summed E-state index contributed by atoms with van der Waals surface area (Å²) in [4.78, 5) is 0. The molecule has 1 fully saturated rings. The molecule has 0 aromatic heterocycles. The molecule has 16 heavy (non-hydrogen) atoms. The summed E-state index contributed by atoms with van der Waals surface area (Å²) in [6.45, 7) is 4.37. The quantitative estimate of drug-likeness (QED) is 0.674. The molecule has 4 N–H and O–H groups in total. The fraction of sp³-hybridized carbons (Fsp3) is 0.615. The van der Waals surface area contributed by atoms with Crippen molar-refractivity contribution in [2.75, 3.05) is 13.1 Å². The molecule has 0 bridgehead atoms. The molecule has 0 aromatic rings. The normalized spacial score (nSPS) is 30.6. The van der Waals surface area contributed by atoms with Gasteiger partial charge in [0.2, 0.25) is 0 Å². The second kappa shape index (κ2) is 4.91. The van der Waals surface area contributed by atoms with Crippen LogP contribution >= 0.6 is 0 Å². The van der Waals surface area contributed by atoms with E-state index in [4.69, 9.17) is 5.73 Å². The fourth-order valence-corrected chi connectivity index (χ4v) is 2.32. The van der Waals surface area contributed by atoms with Crippen molar-refractivity contribution in [1.29, 1.82) is 0 Å². The summed E-state index contributed by atoms with van der Waals surface area (Å²) >= 11 is 0. The summed E-state index contributed by atoms with van der Waals surface area (Å²) in [6.07, 6.45) is 11.1. The van der Waals surface area contributed by atoms with Crippen molar-refractivity contribution in [2.24, 2.45) is 5.73 Å². The molecule has 2 rings (SSSR count). The highest BCUT2D eigenvalue weighted by Gasteiger charge is 2.26. The van der Waals surface area contributed by atoms with Gasteiger partial charge < -0.3 is 16.4 Å². The van der Waals surface area contributed by atoms with Crippen LogP contribution < -0.4 is 16.4 Å². The molecule has 0 saturated carbocycles. The maximum atomic E-state index is 5.92. The molecular weight excluding hydrogens is 198 g/mol. The molecule has 1 saturated heterocycles. The number of hydrogen-bond acceptors (Lipinski definition) is 3. The molecule has 89 valence electrons. The summed E-state index contributed by atoms with van der Waals surface area (Å²) < 4.78 is 0. The van der Waals surface area contributed by atoms with Gasteiger partial charge in [-0.15, -0.1) is 0 Å². The Hall–Kier alpha value is -0.960. The minimum atomic E-state index is 0.223. The summed E-state index contributed by atoms with van der Waals surface area (Å²) in [7, 11) is 0. The van der Waals surface area contributed by atoms with Gasteiger partial charge >= 0.3 is 0 Å². The van der Waals surface area contributed by atoms with E-state index in [-0.39, 0.29) is 5.54 Å². The Morgan fingerprint density at radius 2 is 2.38 bits per heavy atom. The standard InChI is InChI=1S/C13H22N3/c1-13(8-4-5-9-16-13)10-15-12-7-3-2-6-11(12)14/h2,6-7,15-16H,3-5,8-10,14H2,1H3/t13-/m1/s1. The molecule has 0 amide bonds. The predicted molar refractivity (Wildman–Crippen MR) is 67.5 cm³/mol. The zero-order valence-corrected chi connectivity index (χ0v) is 10.1. The Morgan fingerprint density at radius 3 is 3.06 bits per heavy atom. The highest BCUT2D eigenvalue weighted by Crippen LogP contribution is 2.19. The number of allylic oxidation sites excluding steroid dienone is 2. The molecular formula is C13H22N3. The van der Waals surface area contributed by atoms with Crippen LogP contribution in [0.1, 0.15) is 32.6 Å². The van der Waals surface area contributed by atoms with Gasteiger partial charge in [0.15, 0.2) is 0 Å². The predicted octanol–water partition coefficient (Wildman–Crippen LogP) is 1.44. The molecule has 0 spiro atoms. The van der Waals surface area contributed by atoms with E-state index < -0.39 is 0 Å². The van der Waals surface area contributed by atoms with E-state index in [0.717, 1.165) is 30.9 Å². The fourth-order valence-electron chi connectivity index (χ4n) is 2.32. The van der Waals surface area contributed by atoms with Crippen LogP contribution in [0, 0.1) is 6.42 Å².